The van der Waals surface area contributed by atoms with Crippen LogP contribution in [0.3, 0.4) is 0 Å². The zero-order valence-corrected chi connectivity index (χ0v) is 9.10. The van der Waals surface area contributed by atoms with E-state index in [1.165, 1.54) is 0 Å². The summed E-state index contributed by atoms with van der Waals surface area (Å²) in [5.41, 5.74) is 0. The third kappa shape index (κ3) is 2.13. The second-order valence-electron chi connectivity index (χ2n) is 2.84. The molecule has 2 heterocycles. The average molecular weight is 264 g/mol. The van der Waals surface area contributed by atoms with E-state index in [4.69, 9.17) is 16.3 Å². The first kappa shape index (κ1) is 9.24. The molecule has 0 amide bonds. The molecular weight excluding hydrogens is 255 g/mol. The van der Waals surface area contributed by atoms with Crippen LogP contribution in [-0.2, 0) is 0 Å². The number of rotatable bonds is 2. The molecule has 1 N–H and O–H groups in total. The van der Waals surface area contributed by atoms with E-state index in [0.717, 1.165) is 17.6 Å². The first-order valence-corrected chi connectivity index (χ1v) is 5.11. The van der Waals surface area contributed by atoms with Crippen LogP contribution in [-0.4, -0.2) is 24.2 Å². The number of hydrogen-bond donors (Lipinski definition) is 1. The molecule has 1 saturated heterocycles. The zero-order valence-electron chi connectivity index (χ0n) is 6.76. The maximum absolute atomic E-state index is 5.84. The third-order valence-corrected chi connectivity index (χ3v) is 2.53. The lowest BCUT2D eigenvalue weighted by Gasteiger charge is -2.27. The van der Waals surface area contributed by atoms with Crippen molar-refractivity contribution in [3.63, 3.8) is 0 Å². The standard InChI is InChI=1S/C8H8BrClN2O/c9-5-1-7(8(10)12-2-5)13-6-3-11-4-6/h1-2,6,11H,3-4H2. The average Bonchev–Trinajstić information content (AvgIpc) is 2.03. The summed E-state index contributed by atoms with van der Waals surface area (Å²) < 4.78 is 6.45. The van der Waals surface area contributed by atoms with Crippen molar-refractivity contribution in [3.8, 4) is 5.75 Å². The Morgan fingerprint density at radius 3 is 3.00 bits per heavy atom. The summed E-state index contributed by atoms with van der Waals surface area (Å²) in [6.45, 7) is 1.76. The molecule has 0 aliphatic carbocycles. The van der Waals surface area contributed by atoms with E-state index in [1.54, 1.807) is 6.20 Å². The number of hydrogen-bond acceptors (Lipinski definition) is 3. The van der Waals surface area contributed by atoms with Crippen LogP contribution in [0.1, 0.15) is 0 Å². The summed E-state index contributed by atoms with van der Waals surface area (Å²) in [5, 5.41) is 3.53. The summed E-state index contributed by atoms with van der Waals surface area (Å²) in [6, 6.07) is 1.83. The molecule has 70 valence electrons. The Balaban J connectivity index is 2.13. The number of ether oxygens (including phenoxy) is 1. The summed E-state index contributed by atoms with van der Waals surface area (Å²) in [6.07, 6.45) is 1.88. The van der Waals surface area contributed by atoms with Crippen molar-refractivity contribution >= 4 is 27.5 Å². The van der Waals surface area contributed by atoms with Crippen LogP contribution in [0, 0.1) is 0 Å². The fourth-order valence-electron chi connectivity index (χ4n) is 1.01. The minimum atomic E-state index is 0.230. The van der Waals surface area contributed by atoms with E-state index < -0.39 is 0 Å². The molecule has 13 heavy (non-hydrogen) atoms. The molecule has 3 nitrogen and oxygen atoms in total. The van der Waals surface area contributed by atoms with Gasteiger partial charge in [-0.1, -0.05) is 11.6 Å². The zero-order chi connectivity index (χ0) is 9.26. The van der Waals surface area contributed by atoms with Gasteiger partial charge in [-0.3, -0.25) is 0 Å². The largest absolute Gasteiger partial charge is 0.484 e. The highest BCUT2D eigenvalue weighted by Gasteiger charge is 2.19. The molecule has 0 saturated carbocycles. The van der Waals surface area contributed by atoms with Crippen LogP contribution in [0.5, 0.6) is 5.75 Å². The quantitative estimate of drug-likeness (QED) is 0.827. The van der Waals surface area contributed by atoms with Crippen molar-refractivity contribution in [2.75, 3.05) is 13.1 Å². The smallest absolute Gasteiger partial charge is 0.171 e. The van der Waals surface area contributed by atoms with Gasteiger partial charge in [-0.05, 0) is 22.0 Å². The van der Waals surface area contributed by atoms with Gasteiger partial charge in [0.2, 0.25) is 0 Å². The molecule has 0 atom stereocenters. The second-order valence-corrected chi connectivity index (χ2v) is 4.11. The van der Waals surface area contributed by atoms with Gasteiger partial charge in [0.1, 0.15) is 6.10 Å². The van der Waals surface area contributed by atoms with Crippen molar-refractivity contribution in [2.45, 2.75) is 6.10 Å². The fraction of sp³-hybridized carbons (Fsp3) is 0.375. The Morgan fingerprint density at radius 2 is 2.38 bits per heavy atom. The first-order valence-electron chi connectivity index (χ1n) is 3.94. The molecule has 1 fully saturated rings. The first-order chi connectivity index (χ1) is 6.25. The molecule has 1 aromatic rings. The van der Waals surface area contributed by atoms with Crippen molar-refractivity contribution in [1.29, 1.82) is 0 Å². The summed E-state index contributed by atoms with van der Waals surface area (Å²) in [7, 11) is 0. The van der Waals surface area contributed by atoms with Gasteiger partial charge in [0.25, 0.3) is 0 Å². The maximum Gasteiger partial charge on any atom is 0.171 e. The normalized spacial score (nSPS) is 16.8. The lowest BCUT2D eigenvalue weighted by atomic mass is 10.2. The predicted molar refractivity (Wildman–Crippen MR) is 54.2 cm³/mol. The number of nitrogens with one attached hydrogen (secondary N) is 1. The van der Waals surface area contributed by atoms with E-state index in [2.05, 4.69) is 26.2 Å². The summed E-state index contributed by atoms with van der Waals surface area (Å²) in [5.74, 6) is 0.641. The molecule has 0 bridgehead atoms. The van der Waals surface area contributed by atoms with Crippen LogP contribution in [0.4, 0.5) is 0 Å². The Kier molecular flexibility index (Phi) is 2.71. The van der Waals surface area contributed by atoms with Crippen LogP contribution in [0.25, 0.3) is 0 Å². The highest BCUT2D eigenvalue weighted by Crippen LogP contribution is 2.26. The summed E-state index contributed by atoms with van der Waals surface area (Å²) >= 11 is 9.15. The number of pyridine rings is 1. The Labute approximate surface area is 89.6 Å². The van der Waals surface area contributed by atoms with E-state index in [0.29, 0.717) is 10.9 Å². The Bertz CT molecular complexity index is 317. The molecule has 0 radical (unpaired) electrons. The van der Waals surface area contributed by atoms with E-state index >= 15 is 0 Å². The molecule has 0 unspecified atom stereocenters. The van der Waals surface area contributed by atoms with Gasteiger partial charge in [0.05, 0.1) is 0 Å². The van der Waals surface area contributed by atoms with Crippen molar-refractivity contribution in [3.05, 3.63) is 21.9 Å². The SMILES string of the molecule is Clc1ncc(Br)cc1OC1CNC1. The van der Waals surface area contributed by atoms with Crippen molar-refractivity contribution < 1.29 is 4.74 Å². The minimum absolute atomic E-state index is 0.230. The van der Waals surface area contributed by atoms with Crippen LogP contribution in [0.15, 0.2) is 16.7 Å². The number of nitrogens with zero attached hydrogens (tertiary/aromatic N) is 1. The molecule has 0 aromatic carbocycles. The minimum Gasteiger partial charge on any atom is -0.484 e. The molecule has 0 spiro atoms. The molecular formula is C8H8BrClN2O. The number of aromatic nitrogens is 1. The lowest BCUT2D eigenvalue weighted by Crippen LogP contribution is -2.50. The Hall–Kier alpha value is -0.320. The van der Waals surface area contributed by atoms with Gasteiger partial charge in [-0.2, -0.15) is 0 Å². The summed E-state index contributed by atoms with van der Waals surface area (Å²) in [4.78, 5) is 3.96. The van der Waals surface area contributed by atoms with Gasteiger partial charge < -0.3 is 10.1 Å². The van der Waals surface area contributed by atoms with Gasteiger partial charge in [0.15, 0.2) is 10.9 Å². The molecule has 1 aliphatic rings. The van der Waals surface area contributed by atoms with Crippen molar-refractivity contribution in [2.24, 2.45) is 0 Å². The lowest BCUT2D eigenvalue weighted by molar-refractivity contribution is 0.142. The van der Waals surface area contributed by atoms with Crippen LogP contribution in [0.2, 0.25) is 5.15 Å². The van der Waals surface area contributed by atoms with Gasteiger partial charge in [-0.25, -0.2) is 4.98 Å². The molecule has 1 aromatic heterocycles. The van der Waals surface area contributed by atoms with E-state index in [1.807, 2.05) is 6.07 Å². The monoisotopic (exact) mass is 262 g/mol. The highest BCUT2D eigenvalue weighted by atomic mass is 79.9. The van der Waals surface area contributed by atoms with Gasteiger partial charge >= 0.3 is 0 Å². The Morgan fingerprint density at radius 1 is 1.62 bits per heavy atom. The van der Waals surface area contributed by atoms with Crippen molar-refractivity contribution in [1.82, 2.24) is 10.3 Å². The molecule has 1 aliphatic heterocycles. The second kappa shape index (κ2) is 3.82. The molecule has 5 heteroatoms. The topological polar surface area (TPSA) is 34.1 Å². The third-order valence-electron chi connectivity index (χ3n) is 1.81. The fourth-order valence-corrected chi connectivity index (χ4v) is 1.47. The highest BCUT2D eigenvalue weighted by molar-refractivity contribution is 9.10. The van der Waals surface area contributed by atoms with E-state index in [-0.39, 0.29) is 6.10 Å². The maximum atomic E-state index is 5.84. The predicted octanol–water partition coefficient (Wildman–Crippen LogP) is 1.85. The molecule has 2 rings (SSSR count). The van der Waals surface area contributed by atoms with Gasteiger partial charge in [0, 0.05) is 23.8 Å². The van der Waals surface area contributed by atoms with Crippen LogP contribution < -0.4 is 10.1 Å². The van der Waals surface area contributed by atoms with Gasteiger partial charge in [-0.15, -0.1) is 0 Å². The van der Waals surface area contributed by atoms with E-state index in [9.17, 15) is 0 Å². The van der Waals surface area contributed by atoms with Crippen LogP contribution >= 0.6 is 27.5 Å². The number of halogens is 2.